The molecule has 0 aliphatic rings. The van der Waals surface area contributed by atoms with Crippen molar-refractivity contribution in [1.82, 2.24) is 0 Å². The van der Waals surface area contributed by atoms with Crippen molar-refractivity contribution in [3.05, 3.63) is 52.0 Å². The SMILES string of the molecule is Cc1ccc(NC(=O)Nc2cc(N)ccc2Cl)cc1Cl. The van der Waals surface area contributed by atoms with E-state index in [9.17, 15) is 4.79 Å². The van der Waals surface area contributed by atoms with E-state index in [2.05, 4.69) is 10.6 Å². The molecule has 2 rings (SSSR count). The molecule has 0 saturated heterocycles. The van der Waals surface area contributed by atoms with Gasteiger partial charge in [-0.15, -0.1) is 0 Å². The van der Waals surface area contributed by atoms with Crippen LogP contribution in [0.1, 0.15) is 5.56 Å². The Kier molecular flexibility index (Phi) is 4.37. The van der Waals surface area contributed by atoms with Crippen LogP contribution in [0.2, 0.25) is 10.0 Å². The highest BCUT2D eigenvalue weighted by Crippen LogP contribution is 2.25. The number of amides is 2. The minimum Gasteiger partial charge on any atom is -0.399 e. The van der Waals surface area contributed by atoms with E-state index in [4.69, 9.17) is 28.9 Å². The van der Waals surface area contributed by atoms with Gasteiger partial charge in [0.25, 0.3) is 0 Å². The number of halogens is 2. The number of benzene rings is 2. The van der Waals surface area contributed by atoms with Crippen molar-refractivity contribution in [3.8, 4) is 0 Å². The Bertz CT molecular complexity index is 659. The van der Waals surface area contributed by atoms with Gasteiger partial charge >= 0.3 is 6.03 Å². The van der Waals surface area contributed by atoms with Gasteiger partial charge in [0.2, 0.25) is 0 Å². The van der Waals surface area contributed by atoms with Crippen molar-refractivity contribution in [2.75, 3.05) is 16.4 Å². The molecule has 2 amide bonds. The third kappa shape index (κ3) is 3.56. The molecule has 0 spiro atoms. The Morgan fingerprint density at radius 1 is 1.05 bits per heavy atom. The summed E-state index contributed by atoms with van der Waals surface area (Å²) >= 11 is 12.0. The van der Waals surface area contributed by atoms with Crippen LogP contribution in [0.4, 0.5) is 21.9 Å². The van der Waals surface area contributed by atoms with Crippen LogP contribution >= 0.6 is 23.2 Å². The largest absolute Gasteiger partial charge is 0.399 e. The number of hydrogen-bond acceptors (Lipinski definition) is 2. The number of urea groups is 1. The van der Waals surface area contributed by atoms with Crippen molar-refractivity contribution < 1.29 is 4.79 Å². The highest BCUT2D eigenvalue weighted by Gasteiger charge is 2.07. The van der Waals surface area contributed by atoms with Gasteiger partial charge in [-0.05, 0) is 42.8 Å². The summed E-state index contributed by atoms with van der Waals surface area (Å²) in [7, 11) is 0. The number of hydrogen-bond donors (Lipinski definition) is 3. The van der Waals surface area contributed by atoms with Crippen LogP contribution in [-0.2, 0) is 0 Å². The zero-order valence-electron chi connectivity index (χ0n) is 10.7. The van der Waals surface area contributed by atoms with Gasteiger partial charge in [0, 0.05) is 16.4 Å². The first kappa shape index (κ1) is 14.5. The monoisotopic (exact) mass is 309 g/mol. The maximum absolute atomic E-state index is 11.9. The van der Waals surface area contributed by atoms with Gasteiger partial charge in [0.05, 0.1) is 10.7 Å². The molecular formula is C14H13Cl2N3O. The van der Waals surface area contributed by atoms with Crippen molar-refractivity contribution in [3.63, 3.8) is 0 Å². The van der Waals surface area contributed by atoms with E-state index < -0.39 is 6.03 Å². The van der Waals surface area contributed by atoms with Crippen molar-refractivity contribution in [1.29, 1.82) is 0 Å². The van der Waals surface area contributed by atoms with Crippen LogP contribution in [0.25, 0.3) is 0 Å². The fourth-order valence-electron chi connectivity index (χ4n) is 1.59. The van der Waals surface area contributed by atoms with Crippen LogP contribution in [-0.4, -0.2) is 6.03 Å². The van der Waals surface area contributed by atoms with E-state index in [1.807, 2.05) is 13.0 Å². The second-order valence-electron chi connectivity index (χ2n) is 4.28. The van der Waals surface area contributed by atoms with E-state index >= 15 is 0 Å². The first-order valence-corrected chi connectivity index (χ1v) is 6.60. The zero-order chi connectivity index (χ0) is 14.7. The number of aryl methyl sites for hydroxylation is 1. The van der Waals surface area contributed by atoms with E-state index in [0.29, 0.717) is 27.1 Å². The van der Waals surface area contributed by atoms with Gasteiger partial charge in [-0.2, -0.15) is 0 Å². The fraction of sp³-hybridized carbons (Fsp3) is 0.0714. The van der Waals surface area contributed by atoms with Gasteiger partial charge in [0.15, 0.2) is 0 Å². The number of carbonyl (C=O) groups is 1. The van der Waals surface area contributed by atoms with Crippen molar-refractivity contribution >= 4 is 46.3 Å². The standard InChI is InChI=1S/C14H13Cl2N3O/c1-8-2-4-10(7-12(8)16)18-14(20)19-13-6-9(17)3-5-11(13)15/h2-7H,17H2,1H3,(H2,18,19,20). The lowest BCUT2D eigenvalue weighted by Gasteiger charge is -2.10. The lowest BCUT2D eigenvalue weighted by Crippen LogP contribution is -2.19. The summed E-state index contributed by atoms with van der Waals surface area (Å²) < 4.78 is 0. The van der Waals surface area contributed by atoms with Gasteiger partial charge in [0.1, 0.15) is 0 Å². The molecule has 0 aliphatic heterocycles. The highest BCUT2D eigenvalue weighted by atomic mass is 35.5. The smallest absolute Gasteiger partial charge is 0.323 e. The molecule has 104 valence electrons. The van der Waals surface area contributed by atoms with Crippen LogP contribution < -0.4 is 16.4 Å². The summed E-state index contributed by atoms with van der Waals surface area (Å²) in [6.45, 7) is 1.89. The molecular weight excluding hydrogens is 297 g/mol. The zero-order valence-corrected chi connectivity index (χ0v) is 12.2. The number of nitrogens with two attached hydrogens (primary N) is 1. The Labute approximate surface area is 126 Å². The minimum absolute atomic E-state index is 0.413. The van der Waals surface area contributed by atoms with Gasteiger partial charge in [-0.3, -0.25) is 0 Å². The Hall–Kier alpha value is -1.91. The van der Waals surface area contributed by atoms with E-state index in [1.54, 1.807) is 30.3 Å². The molecule has 4 nitrogen and oxygen atoms in total. The average molecular weight is 310 g/mol. The molecule has 0 radical (unpaired) electrons. The van der Waals surface area contributed by atoms with Gasteiger partial charge in [-0.1, -0.05) is 29.3 Å². The van der Waals surface area contributed by atoms with Gasteiger partial charge < -0.3 is 16.4 Å². The van der Waals surface area contributed by atoms with Crippen LogP contribution in [0.15, 0.2) is 36.4 Å². The predicted molar refractivity (Wildman–Crippen MR) is 84.7 cm³/mol. The summed E-state index contributed by atoms with van der Waals surface area (Å²) in [5, 5.41) is 6.30. The molecule has 4 N–H and O–H groups in total. The summed E-state index contributed by atoms with van der Waals surface area (Å²) in [6, 6.07) is 9.71. The molecule has 0 bridgehead atoms. The average Bonchev–Trinajstić information content (AvgIpc) is 2.38. The maximum atomic E-state index is 11.9. The second-order valence-corrected chi connectivity index (χ2v) is 5.10. The first-order valence-electron chi connectivity index (χ1n) is 5.85. The molecule has 0 unspecified atom stereocenters. The number of nitrogens with one attached hydrogen (secondary N) is 2. The highest BCUT2D eigenvalue weighted by molar-refractivity contribution is 6.34. The first-order chi connectivity index (χ1) is 9.45. The van der Waals surface area contributed by atoms with Crippen LogP contribution in [0.5, 0.6) is 0 Å². The molecule has 0 aliphatic carbocycles. The Morgan fingerprint density at radius 3 is 2.50 bits per heavy atom. The molecule has 6 heteroatoms. The Balaban J connectivity index is 2.09. The molecule has 0 fully saturated rings. The number of carbonyl (C=O) groups excluding carboxylic acids is 1. The second kappa shape index (κ2) is 6.03. The minimum atomic E-state index is -0.419. The van der Waals surface area contributed by atoms with Gasteiger partial charge in [-0.25, -0.2) is 4.79 Å². The summed E-state index contributed by atoms with van der Waals surface area (Å²) in [5.74, 6) is 0. The summed E-state index contributed by atoms with van der Waals surface area (Å²) in [6.07, 6.45) is 0. The Morgan fingerprint density at radius 2 is 1.80 bits per heavy atom. The summed E-state index contributed by atoms with van der Waals surface area (Å²) in [5.41, 5.74) is 8.14. The molecule has 2 aromatic rings. The van der Waals surface area contributed by atoms with E-state index in [0.717, 1.165) is 5.56 Å². The third-order valence-corrected chi connectivity index (χ3v) is 3.41. The quantitative estimate of drug-likeness (QED) is 0.713. The molecule has 20 heavy (non-hydrogen) atoms. The van der Waals surface area contributed by atoms with E-state index in [-0.39, 0.29) is 0 Å². The number of anilines is 3. The van der Waals surface area contributed by atoms with Crippen LogP contribution in [0, 0.1) is 6.92 Å². The third-order valence-electron chi connectivity index (χ3n) is 2.67. The molecule has 0 heterocycles. The number of rotatable bonds is 2. The lowest BCUT2D eigenvalue weighted by atomic mass is 10.2. The van der Waals surface area contributed by atoms with Crippen LogP contribution in [0.3, 0.4) is 0 Å². The normalized spacial score (nSPS) is 10.2. The molecule has 0 aromatic heterocycles. The fourth-order valence-corrected chi connectivity index (χ4v) is 1.94. The van der Waals surface area contributed by atoms with Crippen molar-refractivity contribution in [2.45, 2.75) is 6.92 Å². The molecule has 0 saturated carbocycles. The maximum Gasteiger partial charge on any atom is 0.323 e. The molecule has 0 atom stereocenters. The topological polar surface area (TPSA) is 67.2 Å². The molecule has 2 aromatic carbocycles. The lowest BCUT2D eigenvalue weighted by molar-refractivity contribution is 0.262. The predicted octanol–water partition coefficient (Wildman–Crippen LogP) is 4.53. The summed E-state index contributed by atoms with van der Waals surface area (Å²) in [4.78, 5) is 11.9. The van der Waals surface area contributed by atoms with E-state index in [1.165, 1.54) is 0 Å². The van der Waals surface area contributed by atoms with Crippen molar-refractivity contribution in [2.24, 2.45) is 0 Å². The number of nitrogen functional groups attached to an aromatic ring is 1.